The van der Waals surface area contributed by atoms with Gasteiger partial charge in [-0.2, -0.15) is 0 Å². The van der Waals surface area contributed by atoms with Crippen LogP contribution in [0.5, 0.6) is 11.5 Å². The highest BCUT2D eigenvalue weighted by molar-refractivity contribution is 5.80. The highest BCUT2D eigenvalue weighted by atomic mass is 16.5. The van der Waals surface area contributed by atoms with E-state index in [-0.39, 0.29) is 11.9 Å². The van der Waals surface area contributed by atoms with Crippen molar-refractivity contribution in [3.8, 4) is 11.5 Å². The van der Waals surface area contributed by atoms with E-state index < -0.39 is 6.10 Å². The van der Waals surface area contributed by atoms with Gasteiger partial charge in [-0.15, -0.1) is 0 Å². The Morgan fingerprint density at radius 1 is 1.30 bits per heavy atom. The number of methoxy groups -OCH3 is 1. The lowest BCUT2D eigenvalue weighted by Crippen LogP contribution is -2.33. The number of nitrogens with one attached hydrogen (secondary N) is 2. The van der Waals surface area contributed by atoms with Crippen molar-refractivity contribution < 1.29 is 14.3 Å². The van der Waals surface area contributed by atoms with Crippen molar-refractivity contribution in [2.24, 2.45) is 0 Å². The summed E-state index contributed by atoms with van der Waals surface area (Å²) in [4.78, 5) is 11.5. The standard InChI is InChI=1S/C15H24N2O3/c1-6-17-10(2)12-7-8-13(14(9-12)19-5)20-11(3)15(18)16-4/h7-11,17H,6H2,1-5H3,(H,16,18). The predicted molar refractivity (Wildman–Crippen MR) is 79.2 cm³/mol. The molecular formula is C15H24N2O3. The van der Waals surface area contributed by atoms with Gasteiger partial charge in [0.05, 0.1) is 7.11 Å². The van der Waals surface area contributed by atoms with Gasteiger partial charge < -0.3 is 20.1 Å². The van der Waals surface area contributed by atoms with Crippen LogP contribution in [0.2, 0.25) is 0 Å². The van der Waals surface area contributed by atoms with Crippen LogP contribution in [0.1, 0.15) is 32.4 Å². The maximum Gasteiger partial charge on any atom is 0.260 e. The molecule has 0 aromatic heterocycles. The lowest BCUT2D eigenvalue weighted by Gasteiger charge is -2.18. The molecule has 20 heavy (non-hydrogen) atoms. The van der Waals surface area contributed by atoms with Crippen LogP contribution in [0.4, 0.5) is 0 Å². The minimum atomic E-state index is -0.564. The topological polar surface area (TPSA) is 59.6 Å². The van der Waals surface area contributed by atoms with Crippen molar-refractivity contribution in [3.05, 3.63) is 23.8 Å². The number of rotatable bonds is 7. The van der Waals surface area contributed by atoms with E-state index in [2.05, 4.69) is 24.5 Å². The van der Waals surface area contributed by atoms with Gasteiger partial charge in [-0.3, -0.25) is 4.79 Å². The molecule has 1 aromatic carbocycles. The smallest absolute Gasteiger partial charge is 0.260 e. The molecule has 5 heteroatoms. The molecule has 0 spiro atoms. The Kier molecular flexibility index (Phi) is 6.31. The van der Waals surface area contributed by atoms with Gasteiger partial charge in [0, 0.05) is 13.1 Å². The van der Waals surface area contributed by atoms with Gasteiger partial charge in [0.2, 0.25) is 0 Å². The quantitative estimate of drug-likeness (QED) is 0.800. The molecule has 1 amide bonds. The number of carbonyl (C=O) groups is 1. The molecule has 2 unspecified atom stereocenters. The van der Waals surface area contributed by atoms with Gasteiger partial charge in [-0.05, 0) is 38.1 Å². The molecule has 0 fully saturated rings. The number of benzene rings is 1. The third kappa shape index (κ3) is 4.13. The fourth-order valence-electron chi connectivity index (χ4n) is 1.92. The summed E-state index contributed by atoms with van der Waals surface area (Å²) >= 11 is 0. The van der Waals surface area contributed by atoms with Gasteiger partial charge in [0.25, 0.3) is 5.91 Å². The zero-order valence-electron chi connectivity index (χ0n) is 12.8. The molecule has 2 N–H and O–H groups in total. The fraction of sp³-hybridized carbons (Fsp3) is 0.533. The van der Waals surface area contributed by atoms with Crippen LogP contribution >= 0.6 is 0 Å². The molecule has 0 saturated carbocycles. The average Bonchev–Trinajstić information content (AvgIpc) is 2.46. The van der Waals surface area contributed by atoms with E-state index in [1.807, 2.05) is 18.2 Å². The molecule has 2 atom stereocenters. The third-order valence-corrected chi connectivity index (χ3v) is 3.12. The Hall–Kier alpha value is -1.75. The second-order valence-electron chi connectivity index (χ2n) is 4.56. The van der Waals surface area contributed by atoms with Gasteiger partial charge in [0.15, 0.2) is 17.6 Å². The summed E-state index contributed by atoms with van der Waals surface area (Å²) in [5, 5.41) is 5.89. The number of amides is 1. The number of carbonyl (C=O) groups excluding carboxylic acids is 1. The minimum Gasteiger partial charge on any atom is -0.493 e. The van der Waals surface area contributed by atoms with Crippen molar-refractivity contribution in [2.45, 2.75) is 32.9 Å². The Balaban J connectivity index is 2.90. The second kappa shape index (κ2) is 7.75. The average molecular weight is 280 g/mol. The van der Waals surface area contributed by atoms with E-state index in [4.69, 9.17) is 9.47 Å². The Labute approximate surface area is 120 Å². The monoisotopic (exact) mass is 280 g/mol. The van der Waals surface area contributed by atoms with Crippen LogP contribution in [-0.4, -0.2) is 32.7 Å². The lowest BCUT2D eigenvalue weighted by atomic mass is 10.1. The largest absolute Gasteiger partial charge is 0.493 e. The van der Waals surface area contributed by atoms with E-state index >= 15 is 0 Å². The summed E-state index contributed by atoms with van der Waals surface area (Å²) in [6.07, 6.45) is -0.564. The SMILES string of the molecule is CCNC(C)c1ccc(OC(C)C(=O)NC)c(OC)c1. The van der Waals surface area contributed by atoms with E-state index in [1.54, 1.807) is 21.1 Å². The summed E-state index contributed by atoms with van der Waals surface area (Å²) in [7, 11) is 3.18. The van der Waals surface area contributed by atoms with Crippen molar-refractivity contribution in [2.75, 3.05) is 20.7 Å². The number of likely N-dealkylation sites (N-methyl/N-ethyl adjacent to an activating group) is 1. The fourth-order valence-corrected chi connectivity index (χ4v) is 1.92. The Bertz CT molecular complexity index is 449. The number of hydrogen-bond donors (Lipinski definition) is 2. The molecule has 0 bridgehead atoms. The van der Waals surface area contributed by atoms with Crippen LogP contribution in [0.3, 0.4) is 0 Å². The van der Waals surface area contributed by atoms with Crippen molar-refractivity contribution >= 4 is 5.91 Å². The van der Waals surface area contributed by atoms with Crippen LogP contribution in [0.25, 0.3) is 0 Å². The highest BCUT2D eigenvalue weighted by Gasteiger charge is 2.16. The first kappa shape index (κ1) is 16.3. The third-order valence-electron chi connectivity index (χ3n) is 3.12. The molecule has 0 radical (unpaired) electrons. The van der Waals surface area contributed by atoms with Crippen molar-refractivity contribution in [1.29, 1.82) is 0 Å². The maximum atomic E-state index is 11.5. The van der Waals surface area contributed by atoms with Crippen LogP contribution in [-0.2, 0) is 4.79 Å². The zero-order valence-corrected chi connectivity index (χ0v) is 12.8. The molecule has 5 nitrogen and oxygen atoms in total. The van der Waals surface area contributed by atoms with E-state index in [0.29, 0.717) is 11.5 Å². The maximum absolute atomic E-state index is 11.5. The minimum absolute atomic E-state index is 0.169. The first-order valence-corrected chi connectivity index (χ1v) is 6.83. The molecule has 112 valence electrons. The summed E-state index contributed by atoms with van der Waals surface area (Å²) in [6.45, 7) is 6.76. The lowest BCUT2D eigenvalue weighted by molar-refractivity contribution is -0.126. The van der Waals surface area contributed by atoms with Gasteiger partial charge >= 0.3 is 0 Å². The first-order valence-electron chi connectivity index (χ1n) is 6.83. The predicted octanol–water partition coefficient (Wildman–Crippen LogP) is 1.88. The van der Waals surface area contributed by atoms with E-state index in [0.717, 1.165) is 12.1 Å². The molecule has 0 aliphatic rings. The van der Waals surface area contributed by atoms with Crippen molar-refractivity contribution in [3.63, 3.8) is 0 Å². The number of ether oxygens (including phenoxy) is 2. The molecule has 0 heterocycles. The summed E-state index contributed by atoms with van der Waals surface area (Å²) < 4.78 is 11.0. The zero-order chi connectivity index (χ0) is 15.1. The normalized spacial score (nSPS) is 13.4. The molecule has 0 saturated heterocycles. The number of hydrogen-bond acceptors (Lipinski definition) is 4. The van der Waals surface area contributed by atoms with Gasteiger partial charge in [0.1, 0.15) is 0 Å². The summed E-state index contributed by atoms with van der Waals surface area (Å²) in [5.41, 5.74) is 1.11. The van der Waals surface area contributed by atoms with Gasteiger partial charge in [-0.1, -0.05) is 13.0 Å². The second-order valence-corrected chi connectivity index (χ2v) is 4.56. The highest BCUT2D eigenvalue weighted by Crippen LogP contribution is 2.31. The van der Waals surface area contributed by atoms with E-state index in [1.165, 1.54) is 0 Å². The molecule has 0 aliphatic carbocycles. The molecule has 1 rings (SSSR count). The molecule has 1 aromatic rings. The Morgan fingerprint density at radius 3 is 2.55 bits per heavy atom. The summed E-state index contributed by atoms with van der Waals surface area (Å²) in [5.74, 6) is 1.02. The van der Waals surface area contributed by atoms with Crippen LogP contribution in [0, 0.1) is 0 Å². The Morgan fingerprint density at radius 2 is 2.00 bits per heavy atom. The summed E-state index contributed by atoms with van der Waals surface area (Å²) in [6, 6.07) is 5.97. The van der Waals surface area contributed by atoms with Crippen molar-refractivity contribution in [1.82, 2.24) is 10.6 Å². The van der Waals surface area contributed by atoms with Crippen LogP contribution in [0.15, 0.2) is 18.2 Å². The van der Waals surface area contributed by atoms with Crippen LogP contribution < -0.4 is 20.1 Å². The first-order chi connectivity index (χ1) is 9.53. The molecule has 0 aliphatic heterocycles. The molecular weight excluding hydrogens is 256 g/mol. The van der Waals surface area contributed by atoms with Gasteiger partial charge in [-0.25, -0.2) is 0 Å². The van der Waals surface area contributed by atoms with E-state index in [9.17, 15) is 4.79 Å².